The molecule has 3 aromatic rings. The second-order valence-corrected chi connectivity index (χ2v) is 9.50. The summed E-state index contributed by atoms with van der Waals surface area (Å²) in [5.41, 5.74) is 1.30. The average molecular weight is 525 g/mol. The second kappa shape index (κ2) is 11.6. The molecule has 0 saturated carbocycles. The van der Waals surface area contributed by atoms with Crippen molar-refractivity contribution in [1.29, 1.82) is 0 Å². The number of amides is 3. The summed E-state index contributed by atoms with van der Waals surface area (Å²) in [5.74, 6) is -1.52. The van der Waals surface area contributed by atoms with Gasteiger partial charge in [0.1, 0.15) is 23.3 Å². The summed E-state index contributed by atoms with van der Waals surface area (Å²) in [4.78, 5) is 33.7. The van der Waals surface area contributed by atoms with Gasteiger partial charge >= 0.3 is 6.03 Å². The Bertz CT molecular complexity index is 1320. The maximum Gasteiger partial charge on any atom is 0.321 e. The molecular formula is C28H30F2N4O4. The summed E-state index contributed by atoms with van der Waals surface area (Å²) in [6, 6.07) is 12.4. The van der Waals surface area contributed by atoms with Crippen LogP contribution < -0.4 is 10.1 Å². The van der Waals surface area contributed by atoms with Crippen molar-refractivity contribution in [2.24, 2.45) is 5.92 Å². The van der Waals surface area contributed by atoms with Crippen LogP contribution in [0.5, 0.6) is 5.88 Å². The minimum atomic E-state index is -0.584. The van der Waals surface area contributed by atoms with Crippen LogP contribution >= 0.6 is 0 Å². The smallest absolute Gasteiger partial charge is 0.321 e. The van der Waals surface area contributed by atoms with Gasteiger partial charge in [0.25, 0.3) is 5.91 Å². The lowest BCUT2D eigenvalue weighted by molar-refractivity contribution is 0.0356. The van der Waals surface area contributed by atoms with Gasteiger partial charge in [-0.25, -0.2) is 18.6 Å². The van der Waals surface area contributed by atoms with Crippen LogP contribution in [0.4, 0.5) is 19.3 Å². The molecule has 2 N–H and O–H groups in total. The Labute approximate surface area is 219 Å². The summed E-state index contributed by atoms with van der Waals surface area (Å²) in [6.45, 7) is 3.73. The molecule has 1 aromatic heterocycles. The number of ether oxygens (including phenoxy) is 1. The number of rotatable bonds is 6. The summed E-state index contributed by atoms with van der Waals surface area (Å²) < 4.78 is 34.1. The molecule has 1 aliphatic rings. The molecule has 3 atom stereocenters. The van der Waals surface area contributed by atoms with Gasteiger partial charge in [-0.2, -0.15) is 0 Å². The van der Waals surface area contributed by atoms with E-state index in [1.807, 2.05) is 6.92 Å². The SMILES string of the molecule is C[C@@H]1CN([C@@H](C)CO)C(=O)c2cc(-c3cccc(F)c3)cnc2O[C@@H]1CN(C)C(=O)Nc1ccccc1F. The molecule has 0 fully saturated rings. The highest BCUT2D eigenvalue weighted by Crippen LogP contribution is 2.30. The van der Waals surface area contributed by atoms with Gasteiger partial charge in [-0.3, -0.25) is 4.79 Å². The Hall–Kier alpha value is -4.05. The summed E-state index contributed by atoms with van der Waals surface area (Å²) in [7, 11) is 1.56. The number of nitrogens with zero attached hydrogens (tertiary/aromatic N) is 3. The molecule has 2 aromatic carbocycles. The predicted molar refractivity (Wildman–Crippen MR) is 139 cm³/mol. The number of aliphatic hydroxyl groups is 1. The molecule has 2 heterocycles. The maximum absolute atomic E-state index is 14.0. The van der Waals surface area contributed by atoms with Crippen molar-refractivity contribution in [1.82, 2.24) is 14.8 Å². The highest BCUT2D eigenvalue weighted by Gasteiger charge is 2.35. The van der Waals surface area contributed by atoms with Gasteiger partial charge < -0.3 is 25.0 Å². The molecule has 10 heteroatoms. The largest absolute Gasteiger partial charge is 0.472 e. The van der Waals surface area contributed by atoms with Gasteiger partial charge in [-0.15, -0.1) is 0 Å². The number of pyridine rings is 1. The summed E-state index contributed by atoms with van der Waals surface area (Å²) >= 11 is 0. The number of carbonyl (C=O) groups excluding carboxylic acids is 2. The lowest BCUT2D eigenvalue weighted by Crippen LogP contribution is -2.50. The Morgan fingerprint density at radius 1 is 1.21 bits per heavy atom. The fourth-order valence-electron chi connectivity index (χ4n) is 4.27. The topological polar surface area (TPSA) is 95.0 Å². The number of para-hydroxylation sites is 1. The van der Waals surface area contributed by atoms with Crippen molar-refractivity contribution < 1.29 is 28.2 Å². The first-order chi connectivity index (χ1) is 18.2. The van der Waals surface area contributed by atoms with Crippen LogP contribution in [0.1, 0.15) is 24.2 Å². The zero-order chi connectivity index (χ0) is 27.4. The zero-order valence-electron chi connectivity index (χ0n) is 21.4. The molecule has 4 rings (SSSR count). The first-order valence-electron chi connectivity index (χ1n) is 12.3. The Balaban J connectivity index is 1.64. The van der Waals surface area contributed by atoms with E-state index in [-0.39, 0.29) is 48.7 Å². The third kappa shape index (κ3) is 5.91. The molecule has 0 radical (unpaired) electrons. The van der Waals surface area contributed by atoms with Crippen LogP contribution in [0, 0.1) is 17.6 Å². The van der Waals surface area contributed by atoms with Crippen molar-refractivity contribution in [3.8, 4) is 17.0 Å². The summed E-state index contributed by atoms with van der Waals surface area (Å²) in [5, 5.41) is 12.4. The fourth-order valence-corrected chi connectivity index (χ4v) is 4.27. The zero-order valence-corrected chi connectivity index (χ0v) is 21.4. The number of aliphatic hydroxyl groups excluding tert-OH is 1. The van der Waals surface area contributed by atoms with Crippen LogP contribution in [-0.4, -0.2) is 70.7 Å². The van der Waals surface area contributed by atoms with E-state index in [9.17, 15) is 23.5 Å². The van der Waals surface area contributed by atoms with E-state index in [0.717, 1.165) is 0 Å². The molecule has 200 valence electrons. The van der Waals surface area contributed by atoms with Crippen molar-refractivity contribution >= 4 is 17.6 Å². The summed E-state index contributed by atoms with van der Waals surface area (Å²) in [6.07, 6.45) is 0.915. The number of nitrogens with one attached hydrogen (secondary N) is 1. The first-order valence-corrected chi connectivity index (χ1v) is 12.3. The van der Waals surface area contributed by atoms with E-state index in [1.165, 1.54) is 41.4 Å². The normalized spacial score (nSPS) is 18.1. The molecule has 3 amide bonds. The molecular weight excluding hydrogens is 494 g/mol. The number of anilines is 1. The quantitative estimate of drug-likeness (QED) is 0.498. The van der Waals surface area contributed by atoms with Crippen LogP contribution in [0.2, 0.25) is 0 Å². The molecule has 38 heavy (non-hydrogen) atoms. The molecule has 1 aliphatic heterocycles. The third-order valence-electron chi connectivity index (χ3n) is 6.59. The number of benzene rings is 2. The standard InChI is InChI=1S/C28H30F2N4O4/c1-17-14-34(18(2)16-35)27(36)22-12-20(19-7-6-8-21(29)11-19)13-31-26(22)38-25(17)15-33(3)28(37)32-24-10-5-4-9-23(24)30/h4-13,17-18,25,35H,14-16H2,1-3H3,(H,32,37)/t17-,18+,25-/m1/s1. The molecule has 0 saturated heterocycles. The van der Waals surface area contributed by atoms with Gasteiger partial charge in [0.05, 0.1) is 24.9 Å². The van der Waals surface area contributed by atoms with Crippen LogP contribution in [0.15, 0.2) is 60.8 Å². The minimum absolute atomic E-state index is 0.0569. The second-order valence-electron chi connectivity index (χ2n) is 9.50. The minimum Gasteiger partial charge on any atom is -0.472 e. The lowest BCUT2D eigenvalue weighted by atomic mass is 9.99. The molecule has 0 spiro atoms. The van der Waals surface area contributed by atoms with Gasteiger partial charge in [-0.05, 0) is 42.8 Å². The highest BCUT2D eigenvalue weighted by atomic mass is 19.1. The number of fused-ring (bicyclic) bond motifs is 1. The Kier molecular flexibility index (Phi) is 8.21. The predicted octanol–water partition coefficient (Wildman–Crippen LogP) is 4.41. The fraction of sp³-hybridized carbons (Fsp3) is 0.321. The number of carbonyl (C=O) groups is 2. The maximum atomic E-state index is 14.0. The number of urea groups is 1. The van der Waals surface area contributed by atoms with Gasteiger partial charge in [0, 0.05) is 31.3 Å². The third-order valence-corrected chi connectivity index (χ3v) is 6.59. The number of aromatic nitrogens is 1. The monoisotopic (exact) mass is 524 g/mol. The van der Waals surface area contributed by atoms with Gasteiger partial charge in [0.2, 0.25) is 5.88 Å². The van der Waals surface area contributed by atoms with Crippen LogP contribution in [0.3, 0.4) is 0 Å². The van der Waals surface area contributed by atoms with E-state index in [2.05, 4.69) is 10.3 Å². The van der Waals surface area contributed by atoms with E-state index >= 15 is 0 Å². The molecule has 0 bridgehead atoms. The number of likely N-dealkylation sites (N-methyl/N-ethyl adjacent to an activating group) is 1. The number of hydrogen-bond acceptors (Lipinski definition) is 5. The van der Waals surface area contributed by atoms with Crippen molar-refractivity contribution in [3.63, 3.8) is 0 Å². The van der Waals surface area contributed by atoms with E-state index < -0.39 is 29.8 Å². The van der Waals surface area contributed by atoms with Crippen molar-refractivity contribution in [3.05, 3.63) is 78.0 Å². The van der Waals surface area contributed by atoms with Crippen LogP contribution in [0.25, 0.3) is 11.1 Å². The van der Waals surface area contributed by atoms with Crippen molar-refractivity contribution in [2.75, 3.05) is 32.1 Å². The van der Waals surface area contributed by atoms with E-state index in [0.29, 0.717) is 11.1 Å². The Morgan fingerprint density at radius 2 is 1.97 bits per heavy atom. The molecule has 0 aliphatic carbocycles. The number of halogens is 2. The number of hydrogen-bond donors (Lipinski definition) is 2. The highest BCUT2D eigenvalue weighted by molar-refractivity contribution is 5.98. The average Bonchev–Trinajstić information content (AvgIpc) is 2.91. The first kappa shape index (κ1) is 27.0. The van der Waals surface area contributed by atoms with Crippen LogP contribution in [-0.2, 0) is 0 Å². The van der Waals surface area contributed by atoms with Gasteiger partial charge in [0.15, 0.2) is 0 Å². The Morgan fingerprint density at radius 3 is 2.68 bits per heavy atom. The molecule has 8 nitrogen and oxygen atoms in total. The van der Waals surface area contributed by atoms with E-state index in [4.69, 9.17) is 4.74 Å². The van der Waals surface area contributed by atoms with E-state index in [1.54, 1.807) is 43.1 Å². The lowest BCUT2D eigenvalue weighted by Gasteiger charge is -2.37. The molecule has 0 unspecified atom stereocenters. The van der Waals surface area contributed by atoms with Gasteiger partial charge in [-0.1, -0.05) is 31.2 Å². The van der Waals surface area contributed by atoms with Crippen molar-refractivity contribution in [2.45, 2.75) is 26.0 Å².